The van der Waals surface area contributed by atoms with Crippen molar-refractivity contribution in [2.75, 3.05) is 48.7 Å². The van der Waals surface area contributed by atoms with Crippen LogP contribution in [-0.4, -0.2) is 66.2 Å². The van der Waals surface area contributed by atoms with Crippen LogP contribution in [0.1, 0.15) is 0 Å². The summed E-state index contributed by atoms with van der Waals surface area (Å²) in [4.78, 5) is 12.8. The van der Waals surface area contributed by atoms with Crippen molar-refractivity contribution in [3.05, 3.63) is 66.7 Å². The number of sulfonamides is 2. The van der Waals surface area contributed by atoms with Crippen LogP contribution >= 0.6 is 0 Å². The van der Waals surface area contributed by atoms with Gasteiger partial charge in [-0.1, -0.05) is 36.4 Å². The maximum absolute atomic E-state index is 12.8. The number of benzene rings is 3. The Morgan fingerprint density at radius 1 is 0.941 bits per heavy atom. The second-order valence-corrected chi connectivity index (χ2v) is 11.7. The summed E-state index contributed by atoms with van der Waals surface area (Å²) in [5.41, 5.74) is 0.764. The normalized spacial score (nSPS) is 15.2. The Bertz CT molecular complexity index is 1390. The van der Waals surface area contributed by atoms with E-state index in [1.807, 2.05) is 30.3 Å². The summed E-state index contributed by atoms with van der Waals surface area (Å²) < 4.78 is 58.1. The lowest BCUT2D eigenvalue weighted by Crippen LogP contribution is -2.40. The molecule has 3 aromatic carbocycles. The van der Waals surface area contributed by atoms with E-state index < -0.39 is 32.5 Å². The highest BCUT2D eigenvalue weighted by atomic mass is 32.2. The van der Waals surface area contributed by atoms with Gasteiger partial charge < -0.3 is 10.1 Å². The molecule has 1 fully saturated rings. The number of fused-ring (bicyclic) bond motifs is 1. The Hall–Kier alpha value is -2.99. The van der Waals surface area contributed by atoms with Crippen molar-refractivity contribution < 1.29 is 26.4 Å². The number of rotatable bonds is 7. The second kappa shape index (κ2) is 9.71. The van der Waals surface area contributed by atoms with Gasteiger partial charge in [-0.3, -0.25) is 9.10 Å². The van der Waals surface area contributed by atoms with Gasteiger partial charge in [0.15, 0.2) is 0 Å². The number of hydrogen-bond acceptors (Lipinski definition) is 6. The smallest absolute Gasteiger partial charge is 0.245 e. The van der Waals surface area contributed by atoms with Gasteiger partial charge in [-0.25, -0.2) is 16.8 Å². The fourth-order valence-electron chi connectivity index (χ4n) is 3.77. The summed E-state index contributed by atoms with van der Waals surface area (Å²) >= 11 is 0. The molecule has 4 rings (SSSR count). The maximum Gasteiger partial charge on any atom is 0.245 e. The average molecular weight is 504 g/mol. The van der Waals surface area contributed by atoms with Crippen LogP contribution in [0.2, 0.25) is 0 Å². The monoisotopic (exact) mass is 503 g/mol. The topological polar surface area (TPSA) is 113 Å². The van der Waals surface area contributed by atoms with Crippen LogP contribution in [0, 0.1) is 0 Å². The Labute approximate surface area is 199 Å². The van der Waals surface area contributed by atoms with Crippen molar-refractivity contribution in [3.63, 3.8) is 0 Å². The molecule has 1 aliphatic rings. The predicted molar refractivity (Wildman–Crippen MR) is 131 cm³/mol. The Kier molecular flexibility index (Phi) is 6.89. The van der Waals surface area contributed by atoms with Crippen molar-refractivity contribution in [2.45, 2.75) is 4.90 Å². The molecule has 34 heavy (non-hydrogen) atoms. The molecule has 0 unspecified atom stereocenters. The van der Waals surface area contributed by atoms with Crippen molar-refractivity contribution in [2.24, 2.45) is 0 Å². The summed E-state index contributed by atoms with van der Waals surface area (Å²) in [6.45, 7) is 0.704. The number of ether oxygens (including phenoxy) is 1. The van der Waals surface area contributed by atoms with Crippen molar-refractivity contribution in [3.8, 4) is 0 Å². The fraction of sp³-hybridized carbons (Fsp3) is 0.261. The van der Waals surface area contributed by atoms with E-state index in [4.69, 9.17) is 4.74 Å². The quantitative estimate of drug-likeness (QED) is 0.529. The van der Waals surface area contributed by atoms with Crippen LogP contribution in [-0.2, 0) is 29.6 Å². The zero-order chi connectivity index (χ0) is 24.3. The van der Waals surface area contributed by atoms with Crippen LogP contribution in [0.3, 0.4) is 0 Å². The minimum Gasteiger partial charge on any atom is -0.379 e. The molecular weight excluding hydrogens is 478 g/mol. The highest BCUT2D eigenvalue weighted by Crippen LogP contribution is 2.25. The number of hydrogen-bond donors (Lipinski definition) is 1. The molecule has 9 nitrogen and oxygen atoms in total. The summed E-state index contributed by atoms with van der Waals surface area (Å²) in [7, 11) is -7.54. The molecule has 1 aliphatic heterocycles. The first-order valence-corrected chi connectivity index (χ1v) is 13.9. The SMILES string of the molecule is CS(=O)(=O)N(CC(=O)Nc1cccc2ccccc12)c1ccc(S(=O)(=O)N2CCOCC2)cc1. The van der Waals surface area contributed by atoms with Gasteiger partial charge in [0.2, 0.25) is 26.0 Å². The molecule has 0 bridgehead atoms. The Balaban J connectivity index is 1.55. The van der Waals surface area contributed by atoms with Crippen molar-refractivity contribution in [1.82, 2.24) is 4.31 Å². The van der Waals surface area contributed by atoms with Crippen LogP contribution in [0.25, 0.3) is 10.8 Å². The van der Waals surface area contributed by atoms with Gasteiger partial charge in [0.1, 0.15) is 6.54 Å². The summed E-state index contributed by atoms with van der Waals surface area (Å²) in [6, 6.07) is 18.5. The highest BCUT2D eigenvalue weighted by molar-refractivity contribution is 7.92. The van der Waals surface area contributed by atoms with E-state index >= 15 is 0 Å². The van der Waals surface area contributed by atoms with Crippen LogP contribution in [0.15, 0.2) is 71.6 Å². The zero-order valence-corrected chi connectivity index (χ0v) is 20.2. The minimum atomic E-state index is -3.82. The summed E-state index contributed by atoms with van der Waals surface area (Å²) in [5.74, 6) is -0.521. The minimum absolute atomic E-state index is 0.0480. The van der Waals surface area contributed by atoms with E-state index in [1.54, 1.807) is 12.1 Å². The van der Waals surface area contributed by atoms with Crippen LogP contribution in [0.4, 0.5) is 11.4 Å². The first-order valence-electron chi connectivity index (χ1n) is 10.6. The third-order valence-corrected chi connectivity index (χ3v) is 8.54. The van der Waals surface area contributed by atoms with Gasteiger partial charge in [0.25, 0.3) is 0 Å². The highest BCUT2D eigenvalue weighted by Gasteiger charge is 2.27. The molecule has 1 heterocycles. The molecule has 0 radical (unpaired) electrons. The van der Waals surface area contributed by atoms with E-state index in [1.165, 1.54) is 28.6 Å². The molecule has 0 aromatic heterocycles. The zero-order valence-electron chi connectivity index (χ0n) is 18.5. The molecule has 0 aliphatic carbocycles. The fourth-order valence-corrected chi connectivity index (χ4v) is 6.04. The molecule has 1 saturated heterocycles. The van der Waals surface area contributed by atoms with Gasteiger partial charge in [0.05, 0.1) is 30.1 Å². The molecule has 1 amide bonds. The number of carbonyl (C=O) groups excluding carboxylic acids is 1. The van der Waals surface area contributed by atoms with E-state index in [0.29, 0.717) is 18.9 Å². The van der Waals surface area contributed by atoms with E-state index in [2.05, 4.69) is 5.32 Å². The third-order valence-electron chi connectivity index (χ3n) is 5.48. The standard InChI is InChI=1S/C23H25N3O6S2/c1-33(28,29)26(17-23(27)24-22-8-4-6-18-5-2-3-7-21(18)22)19-9-11-20(12-10-19)34(30,31)25-13-15-32-16-14-25/h2-12H,13-17H2,1H3,(H,24,27). The number of anilines is 2. The molecule has 0 atom stereocenters. The van der Waals surface area contributed by atoms with Crippen molar-refractivity contribution in [1.29, 1.82) is 0 Å². The predicted octanol–water partition coefficient (Wildman–Crippen LogP) is 2.27. The van der Waals surface area contributed by atoms with Crippen molar-refractivity contribution >= 4 is 48.1 Å². The molecule has 11 heteroatoms. The number of amides is 1. The van der Waals surface area contributed by atoms with Gasteiger partial charge in [-0.05, 0) is 35.7 Å². The van der Waals surface area contributed by atoms with E-state index in [9.17, 15) is 21.6 Å². The molecule has 180 valence electrons. The lowest BCUT2D eigenvalue weighted by molar-refractivity contribution is -0.114. The second-order valence-electron chi connectivity index (χ2n) is 7.85. The van der Waals surface area contributed by atoms with Gasteiger partial charge in [-0.15, -0.1) is 0 Å². The first-order chi connectivity index (χ1) is 16.2. The number of nitrogens with one attached hydrogen (secondary N) is 1. The lowest BCUT2D eigenvalue weighted by atomic mass is 10.1. The molecule has 1 N–H and O–H groups in total. The third kappa shape index (κ3) is 5.22. The number of morpholine rings is 1. The molecule has 3 aromatic rings. The van der Waals surface area contributed by atoms with E-state index in [-0.39, 0.29) is 23.7 Å². The molecule has 0 saturated carbocycles. The lowest BCUT2D eigenvalue weighted by Gasteiger charge is -2.26. The Morgan fingerprint density at radius 3 is 2.26 bits per heavy atom. The maximum atomic E-state index is 12.8. The molecular formula is C23H25N3O6S2. The average Bonchev–Trinajstić information content (AvgIpc) is 2.83. The van der Waals surface area contributed by atoms with Gasteiger partial charge >= 0.3 is 0 Å². The number of nitrogens with zero attached hydrogens (tertiary/aromatic N) is 2. The van der Waals surface area contributed by atoms with Gasteiger partial charge in [0, 0.05) is 24.2 Å². The summed E-state index contributed by atoms with van der Waals surface area (Å²) in [6.07, 6.45) is 0.997. The largest absolute Gasteiger partial charge is 0.379 e. The molecule has 0 spiro atoms. The first kappa shape index (κ1) is 24.1. The Morgan fingerprint density at radius 2 is 1.59 bits per heavy atom. The van der Waals surface area contributed by atoms with E-state index in [0.717, 1.165) is 21.3 Å². The van der Waals surface area contributed by atoms with Gasteiger partial charge in [-0.2, -0.15) is 4.31 Å². The summed E-state index contributed by atoms with van der Waals surface area (Å²) in [5, 5.41) is 4.55. The van der Waals surface area contributed by atoms with Crippen LogP contribution in [0.5, 0.6) is 0 Å². The number of carbonyl (C=O) groups is 1. The van der Waals surface area contributed by atoms with Crippen LogP contribution < -0.4 is 9.62 Å².